The van der Waals surface area contributed by atoms with Crippen LogP contribution in [0.2, 0.25) is 0 Å². The zero-order valence-electron chi connectivity index (χ0n) is 20.0. The Balaban J connectivity index is 1.79. The predicted octanol–water partition coefficient (Wildman–Crippen LogP) is 3.88. The molecule has 0 unspecified atom stereocenters. The predicted molar refractivity (Wildman–Crippen MR) is 135 cm³/mol. The molecule has 10 nitrogen and oxygen atoms in total. The molecule has 2 heterocycles. The van der Waals surface area contributed by atoms with Gasteiger partial charge in [-0.05, 0) is 36.9 Å². The lowest BCUT2D eigenvalue weighted by atomic mass is 10.0. The Morgan fingerprint density at radius 2 is 1.87 bits per heavy atom. The van der Waals surface area contributed by atoms with Gasteiger partial charge in [0.15, 0.2) is 11.6 Å². The van der Waals surface area contributed by atoms with Crippen LogP contribution in [0.1, 0.15) is 22.8 Å². The molecule has 0 amide bonds. The molecule has 0 atom stereocenters. The number of halogens is 4. The van der Waals surface area contributed by atoms with E-state index in [4.69, 9.17) is 5.41 Å². The van der Waals surface area contributed by atoms with Gasteiger partial charge in [-0.15, -0.1) is 0 Å². The van der Waals surface area contributed by atoms with E-state index in [0.29, 0.717) is 36.9 Å². The number of carbonyl (C=O) groups is 1. The molecule has 4 rings (SSSR count). The highest BCUT2D eigenvalue weighted by molar-refractivity contribution is 7.92. The standard InChI is InChI=1S/C24H19F4N7O3S/c1-2-30-9-13(8-29)34-24-19-14(10-31-23(19)32-11-33-24)22(36)20-16(27)5-6-17(21(20)28)35-39(37,38)18-7-12(25)3-4-15(18)26/h3-8,10-11,29-30,35H,2,9H2,1H3,(H,31,32,33). The van der Waals surface area contributed by atoms with E-state index in [2.05, 4.69) is 25.3 Å². The maximum absolute atomic E-state index is 15.4. The van der Waals surface area contributed by atoms with E-state index >= 15 is 4.39 Å². The highest BCUT2D eigenvalue weighted by Crippen LogP contribution is 2.31. The molecule has 202 valence electrons. The first-order valence-corrected chi connectivity index (χ1v) is 12.7. The van der Waals surface area contributed by atoms with Crippen LogP contribution in [0.15, 0.2) is 52.7 Å². The van der Waals surface area contributed by atoms with Gasteiger partial charge in [0, 0.05) is 19.0 Å². The maximum atomic E-state index is 15.4. The number of aliphatic imine (C=N–C) groups is 1. The Hall–Kier alpha value is -4.50. The highest BCUT2D eigenvalue weighted by atomic mass is 32.2. The molecule has 2 aromatic carbocycles. The van der Waals surface area contributed by atoms with Crippen molar-refractivity contribution in [1.29, 1.82) is 5.41 Å². The molecular formula is C24H19F4N7O3S. The largest absolute Gasteiger partial charge is 0.345 e. The molecule has 0 saturated heterocycles. The van der Waals surface area contributed by atoms with Crippen LogP contribution in [-0.4, -0.2) is 54.2 Å². The molecule has 4 N–H and O–H groups in total. The summed E-state index contributed by atoms with van der Waals surface area (Å²) < 4.78 is 84.8. The summed E-state index contributed by atoms with van der Waals surface area (Å²) in [5.41, 5.74) is -1.94. The molecule has 0 radical (unpaired) electrons. The Kier molecular flexibility index (Phi) is 7.83. The third kappa shape index (κ3) is 5.53. The van der Waals surface area contributed by atoms with Crippen molar-refractivity contribution in [2.24, 2.45) is 4.99 Å². The maximum Gasteiger partial charge on any atom is 0.265 e. The first kappa shape index (κ1) is 27.5. The first-order chi connectivity index (χ1) is 18.6. The second-order valence-electron chi connectivity index (χ2n) is 7.94. The molecule has 39 heavy (non-hydrogen) atoms. The van der Waals surface area contributed by atoms with Crippen molar-refractivity contribution >= 4 is 50.3 Å². The van der Waals surface area contributed by atoms with Gasteiger partial charge in [0.2, 0.25) is 5.78 Å². The molecule has 0 saturated carbocycles. The summed E-state index contributed by atoms with van der Waals surface area (Å²) in [6, 6.07) is 2.99. The normalized spacial score (nSPS) is 12.1. The Morgan fingerprint density at radius 3 is 2.59 bits per heavy atom. The van der Waals surface area contributed by atoms with Crippen LogP contribution in [-0.2, 0) is 10.0 Å². The number of nitrogens with one attached hydrogen (secondary N) is 4. The number of hydrogen-bond donors (Lipinski definition) is 4. The van der Waals surface area contributed by atoms with E-state index in [1.807, 2.05) is 6.92 Å². The van der Waals surface area contributed by atoms with E-state index in [-0.39, 0.29) is 34.7 Å². The zero-order chi connectivity index (χ0) is 28.3. The van der Waals surface area contributed by atoms with Gasteiger partial charge in [-0.25, -0.2) is 40.9 Å². The van der Waals surface area contributed by atoms with Crippen LogP contribution < -0.4 is 10.0 Å². The van der Waals surface area contributed by atoms with Gasteiger partial charge in [-0.2, -0.15) is 0 Å². The van der Waals surface area contributed by atoms with Gasteiger partial charge in [-0.3, -0.25) is 9.52 Å². The lowest BCUT2D eigenvalue weighted by Gasteiger charge is -2.12. The fourth-order valence-electron chi connectivity index (χ4n) is 3.58. The third-order valence-corrected chi connectivity index (χ3v) is 6.79. The molecule has 0 aliphatic rings. The monoisotopic (exact) mass is 561 g/mol. The smallest absolute Gasteiger partial charge is 0.265 e. The van der Waals surface area contributed by atoms with E-state index in [9.17, 15) is 26.4 Å². The Bertz CT molecular complexity index is 1740. The average molecular weight is 562 g/mol. The Labute approximate surface area is 218 Å². The number of ketones is 1. The minimum atomic E-state index is -4.87. The second kappa shape index (κ2) is 11.1. The molecular weight excluding hydrogens is 542 g/mol. The minimum Gasteiger partial charge on any atom is -0.345 e. The minimum absolute atomic E-state index is 0.00460. The topological polar surface area (TPSA) is 153 Å². The van der Waals surface area contributed by atoms with Crippen LogP contribution in [0.4, 0.5) is 29.1 Å². The summed E-state index contributed by atoms with van der Waals surface area (Å²) in [5.74, 6) is -6.55. The molecule has 0 spiro atoms. The van der Waals surface area contributed by atoms with Crippen molar-refractivity contribution in [2.45, 2.75) is 11.8 Å². The summed E-state index contributed by atoms with van der Waals surface area (Å²) in [7, 11) is -4.87. The number of aromatic amines is 1. The second-order valence-corrected chi connectivity index (χ2v) is 9.60. The molecule has 15 heteroatoms. The van der Waals surface area contributed by atoms with Gasteiger partial charge in [0.05, 0.1) is 27.9 Å². The molecule has 0 fully saturated rings. The van der Waals surface area contributed by atoms with E-state index < -0.39 is 55.2 Å². The highest BCUT2D eigenvalue weighted by Gasteiger charge is 2.28. The van der Waals surface area contributed by atoms with Gasteiger partial charge in [-0.1, -0.05) is 6.92 Å². The number of fused-ring (bicyclic) bond motifs is 1. The molecule has 0 aliphatic carbocycles. The lowest BCUT2D eigenvalue weighted by molar-refractivity contribution is 0.103. The molecule has 0 bridgehead atoms. The quantitative estimate of drug-likeness (QED) is 0.131. The first-order valence-electron chi connectivity index (χ1n) is 11.2. The summed E-state index contributed by atoms with van der Waals surface area (Å²) in [6.45, 7) is 2.64. The van der Waals surface area contributed by atoms with Crippen LogP contribution in [0.3, 0.4) is 0 Å². The number of anilines is 1. The lowest BCUT2D eigenvalue weighted by Crippen LogP contribution is -2.23. The number of nitrogens with zero attached hydrogens (tertiary/aromatic N) is 3. The van der Waals surface area contributed by atoms with E-state index in [1.54, 1.807) is 4.72 Å². The fourth-order valence-corrected chi connectivity index (χ4v) is 4.73. The summed E-state index contributed by atoms with van der Waals surface area (Å²) >= 11 is 0. The van der Waals surface area contributed by atoms with Crippen molar-refractivity contribution in [3.05, 3.63) is 77.3 Å². The number of carbonyl (C=O) groups excluding carboxylic acids is 1. The Morgan fingerprint density at radius 1 is 1.13 bits per heavy atom. The van der Waals surface area contributed by atoms with E-state index in [0.717, 1.165) is 18.7 Å². The SMILES string of the molecule is CCNCC(C=N)=Nc1ncnc2[nH]cc(C(=O)c3c(F)ccc(NS(=O)(=O)c4cc(F)ccc4F)c3F)c12. The average Bonchev–Trinajstić information content (AvgIpc) is 3.34. The van der Waals surface area contributed by atoms with Crippen molar-refractivity contribution in [2.75, 3.05) is 17.8 Å². The third-order valence-electron chi connectivity index (χ3n) is 5.41. The number of sulfonamides is 1. The van der Waals surface area contributed by atoms with Crippen LogP contribution in [0.25, 0.3) is 11.0 Å². The van der Waals surface area contributed by atoms with Crippen LogP contribution in [0, 0.1) is 28.7 Å². The summed E-state index contributed by atoms with van der Waals surface area (Å²) in [5, 5.41) is 10.5. The van der Waals surface area contributed by atoms with Crippen molar-refractivity contribution in [3.8, 4) is 0 Å². The summed E-state index contributed by atoms with van der Waals surface area (Å²) in [4.78, 5) is 27.2. The fraction of sp³-hybridized carbons (Fsp3) is 0.125. The van der Waals surface area contributed by atoms with Gasteiger partial charge in [0.1, 0.15) is 34.3 Å². The van der Waals surface area contributed by atoms with Crippen molar-refractivity contribution in [1.82, 2.24) is 20.3 Å². The molecule has 0 aliphatic heterocycles. The number of aromatic nitrogens is 3. The molecule has 4 aromatic rings. The van der Waals surface area contributed by atoms with Crippen LogP contribution >= 0.6 is 0 Å². The number of H-pyrrole nitrogens is 1. The number of rotatable bonds is 10. The van der Waals surface area contributed by atoms with Crippen LogP contribution in [0.5, 0.6) is 0 Å². The van der Waals surface area contributed by atoms with Gasteiger partial charge >= 0.3 is 0 Å². The van der Waals surface area contributed by atoms with Gasteiger partial charge in [0.25, 0.3) is 10.0 Å². The zero-order valence-corrected chi connectivity index (χ0v) is 20.8. The number of hydrogen-bond acceptors (Lipinski definition) is 8. The van der Waals surface area contributed by atoms with Crippen molar-refractivity contribution in [3.63, 3.8) is 0 Å². The van der Waals surface area contributed by atoms with Gasteiger partial charge < -0.3 is 15.7 Å². The van der Waals surface area contributed by atoms with E-state index in [1.165, 1.54) is 0 Å². The van der Waals surface area contributed by atoms with Crippen molar-refractivity contribution < 1.29 is 30.8 Å². The molecule has 2 aromatic heterocycles. The summed E-state index contributed by atoms with van der Waals surface area (Å²) in [6.07, 6.45) is 3.25. The number of benzene rings is 2.